The lowest BCUT2D eigenvalue weighted by Crippen LogP contribution is -2.41. The molecule has 0 aliphatic heterocycles. The third-order valence-electron chi connectivity index (χ3n) is 5.52. The standard InChI is InChI=1S/C24H24N4O4/c1-4-26-15-25-22-21(26)23(30)28(24(31)27(22)13-17-8-6-5-7-9-17)14-19-12-18(16(2)29)10-11-20(19)32-3/h5-12,15H,4,13-14H2,1-3H3. The Morgan fingerprint density at radius 1 is 1.03 bits per heavy atom. The van der Waals surface area contributed by atoms with Crippen LogP contribution < -0.4 is 16.0 Å². The first-order valence-electron chi connectivity index (χ1n) is 10.3. The number of fused-ring (bicyclic) bond motifs is 1. The molecule has 164 valence electrons. The number of nitrogens with zero attached hydrogens (tertiary/aromatic N) is 4. The van der Waals surface area contributed by atoms with Gasteiger partial charge in [0, 0.05) is 17.7 Å². The van der Waals surface area contributed by atoms with E-state index in [0.29, 0.717) is 34.6 Å². The van der Waals surface area contributed by atoms with E-state index in [0.717, 1.165) is 5.56 Å². The number of aromatic nitrogens is 4. The molecule has 2 aromatic heterocycles. The molecule has 8 nitrogen and oxygen atoms in total. The third kappa shape index (κ3) is 3.75. The van der Waals surface area contributed by atoms with Crippen molar-refractivity contribution in [2.24, 2.45) is 0 Å². The predicted octanol–water partition coefficient (Wildman–Crippen LogP) is 2.69. The van der Waals surface area contributed by atoms with Gasteiger partial charge in [-0.1, -0.05) is 30.3 Å². The Labute approximate surface area is 184 Å². The van der Waals surface area contributed by atoms with Gasteiger partial charge in [-0.05, 0) is 37.6 Å². The highest BCUT2D eigenvalue weighted by molar-refractivity contribution is 5.94. The smallest absolute Gasteiger partial charge is 0.333 e. The summed E-state index contributed by atoms with van der Waals surface area (Å²) in [6, 6.07) is 14.5. The highest BCUT2D eigenvalue weighted by atomic mass is 16.5. The van der Waals surface area contributed by atoms with Crippen molar-refractivity contribution in [3.8, 4) is 5.75 Å². The molecule has 0 atom stereocenters. The number of benzene rings is 2. The zero-order chi connectivity index (χ0) is 22.8. The lowest BCUT2D eigenvalue weighted by molar-refractivity contribution is 0.101. The maximum absolute atomic E-state index is 13.5. The number of methoxy groups -OCH3 is 1. The summed E-state index contributed by atoms with van der Waals surface area (Å²) >= 11 is 0. The van der Waals surface area contributed by atoms with Gasteiger partial charge in [0.25, 0.3) is 5.56 Å². The molecule has 0 aliphatic carbocycles. The Bertz CT molecular complexity index is 1410. The Balaban J connectivity index is 1.94. The van der Waals surface area contributed by atoms with Gasteiger partial charge < -0.3 is 9.30 Å². The van der Waals surface area contributed by atoms with Gasteiger partial charge in [-0.15, -0.1) is 0 Å². The minimum Gasteiger partial charge on any atom is -0.496 e. The van der Waals surface area contributed by atoms with Gasteiger partial charge in [0.2, 0.25) is 0 Å². The molecule has 0 aliphatic rings. The lowest BCUT2D eigenvalue weighted by atomic mass is 10.1. The van der Waals surface area contributed by atoms with E-state index in [1.165, 1.54) is 23.2 Å². The molecule has 0 radical (unpaired) electrons. The van der Waals surface area contributed by atoms with Crippen LogP contribution in [0.1, 0.15) is 35.3 Å². The minimum atomic E-state index is -0.469. The fraction of sp³-hybridized carbons (Fsp3) is 0.250. The molecule has 0 saturated carbocycles. The van der Waals surface area contributed by atoms with Gasteiger partial charge >= 0.3 is 5.69 Å². The molecular weight excluding hydrogens is 408 g/mol. The van der Waals surface area contributed by atoms with Crippen LogP contribution >= 0.6 is 0 Å². The van der Waals surface area contributed by atoms with Gasteiger partial charge in [0.05, 0.1) is 26.5 Å². The summed E-state index contributed by atoms with van der Waals surface area (Å²) in [5.74, 6) is 0.391. The Hall–Kier alpha value is -3.94. The fourth-order valence-electron chi connectivity index (χ4n) is 3.82. The molecule has 0 saturated heterocycles. The van der Waals surface area contributed by atoms with Crippen molar-refractivity contribution >= 4 is 16.9 Å². The first-order chi connectivity index (χ1) is 15.4. The Morgan fingerprint density at radius 2 is 1.78 bits per heavy atom. The van der Waals surface area contributed by atoms with Crippen LogP contribution in [0.4, 0.5) is 0 Å². The van der Waals surface area contributed by atoms with Gasteiger partial charge in [-0.3, -0.25) is 18.7 Å². The van der Waals surface area contributed by atoms with E-state index < -0.39 is 11.2 Å². The van der Waals surface area contributed by atoms with Crippen molar-refractivity contribution in [1.29, 1.82) is 0 Å². The number of ether oxygens (including phenoxy) is 1. The van der Waals surface area contributed by atoms with E-state index in [2.05, 4.69) is 4.98 Å². The number of hydrogen-bond acceptors (Lipinski definition) is 5. The first kappa shape index (κ1) is 21.3. The first-order valence-corrected chi connectivity index (χ1v) is 10.3. The van der Waals surface area contributed by atoms with Gasteiger partial charge in [0.15, 0.2) is 16.9 Å². The van der Waals surface area contributed by atoms with Gasteiger partial charge in [-0.2, -0.15) is 0 Å². The van der Waals surface area contributed by atoms with Crippen molar-refractivity contribution < 1.29 is 9.53 Å². The van der Waals surface area contributed by atoms with Crippen LogP contribution in [0.2, 0.25) is 0 Å². The number of carbonyl (C=O) groups excluding carboxylic acids is 1. The molecule has 8 heteroatoms. The van der Waals surface area contributed by atoms with Crippen LogP contribution in [0, 0.1) is 0 Å². The average Bonchev–Trinajstić information content (AvgIpc) is 3.24. The highest BCUT2D eigenvalue weighted by Gasteiger charge is 2.19. The summed E-state index contributed by atoms with van der Waals surface area (Å²) in [5, 5.41) is 0. The predicted molar refractivity (Wildman–Crippen MR) is 122 cm³/mol. The molecule has 4 rings (SSSR count). The second kappa shape index (κ2) is 8.66. The molecule has 2 heterocycles. The maximum Gasteiger partial charge on any atom is 0.333 e. The van der Waals surface area contributed by atoms with Gasteiger partial charge in [-0.25, -0.2) is 9.78 Å². The normalized spacial score (nSPS) is 11.1. The van der Waals surface area contributed by atoms with Crippen LogP contribution in [-0.2, 0) is 19.6 Å². The van der Waals surface area contributed by atoms with E-state index in [-0.39, 0.29) is 18.9 Å². The third-order valence-corrected chi connectivity index (χ3v) is 5.52. The number of ketones is 1. The maximum atomic E-state index is 13.5. The number of Topliss-reactive ketones (excluding diaryl/α,β-unsaturated/α-hetero) is 1. The summed E-state index contributed by atoms with van der Waals surface area (Å²) in [5.41, 5.74) is 1.80. The van der Waals surface area contributed by atoms with Crippen LogP contribution in [-0.4, -0.2) is 31.6 Å². The average molecular weight is 432 g/mol. The van der Waals surface area contributed by atoms with Crippen LogP contribution in [0.15, 0.2) is 64.4 Å². The number of rotatable bonds is 7. The monoisotopic (exact) mass is 432 g/mol. The molecule has 2 aromatic carbocycles. The Kier molecular flexibility index (Phi) is 5.77. The molecule has 0 spiro atoms. The van der Waals surface area contributed by atoms with Crippen molar-refractivity contribution in [1.82, 2.24) is 18.7 Å². The van der Waals surface area contributed by atoms with E-state index >= 15 is 0 Å². The fourth-order valence-corrected chi connectivity index (χ4v) is 3.82. The van der Waals surface area contributed by atoms with Gasteiger partial charge in [0.1, 0.15) is 5.75 Å². The second-order valence-electron chi connectivity index (χ2n) is 7.53. The highest BCUT2D eigenvalue weighted by Crippen LogP contribution is 2.21. The molecule has 0 unspecified atom stereocenters. The quantitative estimate of drug-likeness (QED) is 0.419. The van der Waals surface area contributed by atoms with Crippen molar-refractivity contribution in [2.75, 3.05) is 7.11 Å². The molecular formula is C24H24N4O4. The summed E-state index contributed by atoms with van der Waals surface area (Å²) in [7, 11) is 1.51. The minimum absolute atomic E-state index is 0.0262. The molecule has 0 amide bonds. The lowest BCUT2D eigenvalue weighted by Gasteiger charge is -2.14. The zero-order valence-electron chi connectivity index (χ0n) is 18.2. The summed E-state index contributed by atoms with van der Waals surface area (Å²) in [4.78, 5) is 43.1. The zero-order valence-corrected chi connectivity index (χ0v) is 18.2. The second-order valence-corrected chi connectivity index (χ2v) is 7.53. The molecule has 0 bridgehead atoms. The van der Waals surface area contributed by atoms with Crippen molar-refractivity contribution in [3.05, 3.63) is 92.4 Å². The molecule has 0 fully saturated rings. The molecule has 0 N–H and O–H groups in total. The van der Waals surface area contributed by atoms with Crippen LogP contribution in [0.25, 0.3) is 11.2 Å². The molecule has 32 heavy (non-hydrogen) atoms. The van der Waals surface area contributed by atoms with E-state index in [4.69, 9.17) is 4.74 Å². The largest absolute Gasteiger partial charge is 0.496 e. The number of aryl methyl sites for hydroxylation is 1. The van der Waals surface area contributed by atoms with Crippen molar-refractivity contribution in [3.63, 3.8) is 0 Å². The SMILES string of the molecule is CCn1cnc2c1c(=O)n(Cc1cc(C(C)=O)ccc1OC)c(=O)n2Cc1ccccc1. The number of carbonyl (C=O) groups is 1. The molecule has 4 aromatic rings. The Morgan fingerprint density at radius 3 is 2.44 bits per heavy atom. The van der Waals surface area contributed by atoms with E-state index in [1.54, 1.807) is 29.1 Å². The number of hydrogen-bond donors (Lipinski definition) is 0. The summed E-state index contributed by atoms with van der Waals surface area (Å²) in [6.07, 6.45) is 1.58. The number of imidazole rings is 1. The van der Waals surface area contributed by atoms with Crippen LogP contribution in [0.5, 0.6) is 5.75 Å². The van der Waals surface area contributed by atoms with E-state index in [9.17, 15) is 14.4 Å². The van der Waals surface area contributed by atoms with Crippen molar-refractivity contribution in [2.45, 2.75) is 33.5 Å². The summed E-state index contributed by atoms with van der Waals surface area (Å²) < 4.78 is 9.85. The van der Waals surface area contributed by atoms with Crippen LogP contribution in [0.3, 0.4) is 0 Å². The summed E-state index contributed by atoms with van der Waals surface area (Å²) in [6.45, 7) is 4.18. The van der Waals surface area contributed by atoms with E-state index in [1.807, 2.05) is 37.3 Å². The topological polar surface area (TPSA) is 88.1 Å².